The lowest BCUT2D eigenvalue weighted by Gasteiger charge is -2.15. The predicted molar refractivity (Wildman–Crippen MR) is 99.5 cm³/mol. The second-order valence-corrected chi connectivity index (χ2v) is 6.73. The highest BCUT2D eigenvalue weighted by atomic mass is 16.1. The summed E-state index contributed by atoms with van der Waals surface area (Å²) < 4.78 is 0. The van der Waals surface area contributed by atoms with Gasteiger partial charge in [0, 0.05) is 12.6 Å². The number of aryl methyl sites for hydroxylation is 1. The summed E-state index contributed by atoms with van der Waals surface area (Å²) in [6, 6.07) is 8.50. The maximum Gasteiger partial charge on any atom is 0.271 e. The second-order valence-electron chi connectivity index (χ2n) is 6.73. The van der Waals surface area contributed by atoms with Gasteiger partial charge in [-0.2, -0.15) is 0 Å². The molecule has 3 rings (SSSR count). The molecule has 1 aliphatic carbocycles. The van der Waals surface area contributed by atoms with E-state index in [0.717, 1.165) is 12.8 Å². The molecule has 1 fully saturated rings. The van der Waals surface area contributed by atoms with Crippen molar-refractivity contribution in [3.63, 3.8) is 0 Å². The molecular weight excluding hydrogens is 312 g/mol. The number of carbonyl (C=O) groups is 1. The van der Waals surface area contributed by atoms with E-state index in [1.165, 1.54) is 36.8 Å². The van der Waals surface area contributed by atoms with Gasteiger partial charge in [-0.3, -0.25) is 4.79 Å². The maximum absolute atomic E-state index is 12.3. The molecule has 0 spiro atoms. The van der Waals surface area contributed by atoms with E-state index in [9.17, 15) is 4.79 Å². The molecule has 25 heavy (non-hydrogen) atoms. The van der Waals surface area contributed by atoms with Crippen LogP contribution in [0.2, 0.25) is 0 Å². The van der Waals surface area contributed by atoms with E-state index in [-0.39, 0.29) is 11.9 Å². The zero-order valence-electron chi connectivity index (χ0n) is 14.8. The van der Waals surface area contributed by atoms with Crippen LogP contribution in [0.3, 0.4) is 0 Å². The molecule has 1 heterocycles. The van der Waals surface area contributed by atoms with Crippen molar-refractivity contribution in [3.8, 4) is 0 Å². The smallest absolute Gasteiger partial charge is 0.271 e. The summed E-state index contributed by atoms with van der Waals surface area (Å²) >= 11 is 0. The molecule has 1 amide bonds. The number of rotatable bonds is 5. The molecule has 0 unspecified atom stereocenters. The number of benzene rings is 1. The van der Waals surface area contributed by atoms with Crippen molar-refractivity contribution in [2.75, 3.05) is 5.32 Å². The molecule has 5 heteroatoms. The minimum atomic E-state index is -0.121. The van der Waals surface area contributed by atoms with E-state index in [1.54, 1.807) is 12.4 Å². The molecule has 132 valence electrons. The first kappa shape index (κ1) is 17.4. The normalized spacial score (nSPS) is 15.4. The van der Waals surface area contributed by atoms with Gasteiger partial charge in [0.25, 0.3) is 5.91 Å². The molecule has 1 aromatic carbocycles. The third-order valence-corrected chi connectivity index (χ3v) is 4.80. The van der Waals surface area contributed by atoms with Gasteiger partial charge in [-0.1, -0.05) is 49.9 Å². The average molecular weight is 338 g/mol. The summed E-state index contributed by atoms with van der Waals surface area (Å²) in [6.07, 6.45) is 10.2. The molecule has 0 aliphatic heterocycles. The Morgan fingerprint density at radius 1 is 1.08 bits per heavy atom. The maximum atomic E-state index is 12.3. The Balaban J connectivity index is 1.54. The Kier molecular flexibility index (Phi) is 5.99. The molecule has 0 saturated heterocycles. The number of hydrogen-bond acceptors (Lipinski definition) is 4. The fraction of sp³-hybridized carbons (Fsp3) is 0.450. The van der Waals surface area contributed by atoms with Gasteiger partial charge >= 0.3 is 0 Å². The van der Waals surface area contributed by atoms with Crippen LogP contribution < -0.4 is 10.6 Å². The van der Waals surface area contributed by atoms with Crippen molar-refractivity contribution >= 4 is 11.7 Å². The van der Waals surface area contributed by atoms with Crippen LogP contribution in [0.4, 0.5) is 5.82 Å². The molecule has 0 bridgehead atoms. The third kappa shape index (κ3) is 5.02. The van der Waals surface area contributed by atoms with Crippen molar-refractivity contribution < 1.29 is 4.79 Å². The lowest BCUT2D eigenvalue weighted by Crippen LogP contribution is -2.34. The quantitative estimate of drug-likeness (QED) is 0.813. The molecule has 0 atom stereocenters. The van der Waals surface area contributed by atoms with Crippen LogP contribution in [0.15, 0.2) is 36.7 Å². The predicted octanol–water partition coefficient (Wildman–Crippen LogP) is 3.85. The highest BCUT2D eigenvalue weighted by Crippen LogP contribution is 2.17. The van der Waals surface area contributed by atoms with Crippen LogP contribution in [0, 0.1) is 6.92 Å². The average Bonchev–Trinajstić information content (AvgIpc) is 2.90. The summed E-state index contributed by atoms with van der Waals surface area (Å²) in [4.78, 5) is 20.9. The summed E-state index contributed by atoms with van der Waals surface area (Å²) in [5.41, 5.74) is 2.84. The number of anilines is 1. The van der Waals surface area contributed by atoms with E-state index >= 15 is 0 Å². The van der Waals surface area contributed by atoms with Gasteiger partial charge in [-0.25, -0.2) is 9.97 Å². The Hall–Kier alpha value is -2.43. The molecule has 2 aromatic rings. The van der Waals surface area contributed by atoms with Crippen LogP contribution in [-0.2, 0) is 6.54 Å². The van der Waals surface area contributed by atoms with Crippen molar-refractivity contribution in [2.45, 2.75) is 58.0 Å². The topological polar surface area (TPSA) is 66.9 Å². The van der Waals surface area contributed by atoms with Gasteiger partial charge < -0.3 is 10.6 Å². The molecule has 1 aliphatic rings. The lowest BCUT2D eigenvalue weighted by molar-refractivity contribution is 0.0928. The standard InChI is InChI=1S/C20H26N4O/c1-15-8-6-7-9-16(15)12-22-19-14-21-18(13-23-19)20(25)24-17-10-4-2-3-5-11-17/h6-9,13-14,17H,2-5,10-12H2,1H3,(H,22,23)(H,24,25). The van der Waals surface area contributed by atoms with E-state index in [1.807, 2.05) is 12.1 Å². The van der Waals surface area contributed by atoms with Crippen molar-refractivity contribution in [3.05, 3.63) is 53.5 Å². The zero-order valence-corrected chi connectivity index (χ0v) is 14.8. The zero-order chi connectivity index (χ0) is 17.5. The summed E-state index contributed by atoms with van der Waals surface area (Å²) in [5, 5.41) is 6.35. The highest BCUT2D eigenvalue weighted by Gasteiger charge is 2.16. The Morgan fingerprint density at radius 2 is 1.84 bits per heavy atom. The first-order valence-corrected chi connectivity index (χ1v) is 9.13. The molecule has 5 nitrogen and oxygen atoms in total. The monoisotopic (exact) mass is 338 g/mol. The first-order chi connectivity index (χ1) is 12.2. The van der Waals surface area contributed by atoms with Crippen LogP contribution >= 0.6 is 0 Å². The van der Waals surface area contributed by atoms with Crippen LogP contribution in [0.1, 0.15) is 60.1 Å². The van der Waals surface area contributed by atoms with Gasteiger partial charge in [0.2, 0.25) is 0 Å². The number of nitrogens with zero attached hydrogens (tertiary/aromatic N) is 2. The third-order valence-electron chi connectivity index (χ3n) is 4.80. The molecule has 0 radical (unpaired) electrons. The Labute approximate surface area is 149 Å². The molecule has 1 aromatic heterocycles. The lowest BCUT2D eigenvalue weighted by atomic mass is 10.1. The van der Waals surface area contributed by atoms with Gasteiger partial charge in [0.15, 0.2) is 0 Å². The molecule has 1 saturated carbocycles. The number of amides is 1. The SMILES string of the molecule is Cc1ccccc1CNc1cnc(C(=O)NC2CCCCCC2)cn1. The summed E-state index contributed by atoms with van der Waals surface area (Å²) in [7, 11) is 0. The number of hydrogen-bond donors (Lipinski definition) is 2. The largest absolute Gasteiger partial charge is 0.365 e. The Bertz CT molecular complexity index is 691. The number of carbonyl (C=O) groups excluding carboxylic acids is 1. The van der Waals surface area contributed by atoms with Gasteiger partial charge in [0.1, 0.15) is 11.5 Å². The van der Waals surface area contributed by atoms with Crippen LogP contribution in [0.25, 0.3) is 0 Å². The summed E-state index contributed by atoms with van der Waals surface area (Å²) in [5.74, 6) is 0.555. The fourth-order valence-electron chi connectivity index (χ4n) is 3.21. The van der Waals surface area contributed by atoms with Gasteiger partial charge in [0.05, 0.1) is 12.4 Å². The van der Waals surface area contributed by atoms with Gasteiger partial charge in [-0.05, 0) is 30.9 Å². The van der Waals surface area contributed by atoms with E-state index < -0.39 is 0 Å². The van der Waals surface area contributed by atoms with Gasteiger partial charge in [-0.15, -0.1) is 0 Å². The second kappa shape index (κ2) is 8.60. The Morgan fingerprint density at radius 3 is 2.52 bits per heavy atom. The van der Waals surface area contributed by atoms with E-state index in [2.05, 4.69) is 39.7 Å². The number of nitrogens with one attached hydrogen (secondary N) is 2. The summed E-state index contributed by atoms with van der Waals surface area (Å²) in [6.45, 7) is 2.78. The van der Waals surface area contributed by atoms with E-state index in [4.69, 9.17) is 0 Å². The number of aromatic nitrogens is 2. The molecular formula is C20H26N4O. The van der Waals surface area contributed by atoms with Crippen molar-refractivity contribution in [1.29, 1.82) is 0 Å². The van der Waals surface area contributed by atoms with Crippen LogP contribution in [-0.4, -0.2) is 21.9 Å². The minimum Gasteiger partial charge on any atom is -0.365 e. The van der Waals surface area contributed by atoms with E-state index in [0.29, 0.717) is 18.1 Å². The highest BCUT2D eigenvalue weighted by molar-refractivity contribution is 5.92. The van der Waals surface area contributed by atoms with Crippen LogP contribution in [0.5, 0.6) is 0 Å². The molecule has 2 N–H and O–H groups in total. The first-order valence-electron chi connectivity index (χ1n) is 9.13. The minimum absolute atomic E-state index is 0.121. The fourth-order valence-corrected chi connectivity index (χ4v) is 3.21. The van der Waals surface area contributed by atoms with Crippen molar-refractivity contribution in [1.82, 2.24) is 15.3 Å². The van der Waals surface area contributed by atoms with Crippen molar-refractivity contribution in [2.24, 2.45) is 0 Å².